The molecule has 1 aliphatic rings. The molecule has 1 aromatic rings. The molecule has 0 radical (unpaired) electrons. The average Bonchev–Trinajstić information content (AvgIpc) is 2.37. The topological polar surface area (TPSA) is 6.48 Å². The molecule has 0 aromatic heterocycles. The Morgan fingerprint density at radius 3 is 2.39 bits per heavy atom. The Kier molecular flexibility index (Phi) is 4.65. The first-order valence-corrected chi connectivity index (χ1v) is 7.25. The smallest absolute Gasteiger partial charge is 0.0396 e. The van der Waals surface area contributed by atoms with Crippen molar-refractivity contribution in [2.45, 2.75) is 33.6 Å². The lowest BCUT2D eigenvalue weighted by Crippen LogP contribution is -2.46. The number of benzene rings is 1. The standard InChI is InChI=1S/C16H26N2/c1-4-5-8-17-9-11-18(12-10-17)16-7-6-14(2)13-15(16)3/h6-7,13H,4-5,8-12H2,1-3H3. The highest BCUT2D eigenvalue weighted by atomic mass is 15.3. The van der Waals surface area contributed by atoms with Gasteiger partial charge in [-0.1, -0.05) is 31.0 Å². The Morgan fingerprint density at radius 2 is 1.78 bits per heavy atom. The van der Waals surface area contributed by atoms with Crippen LogP contribution in [0.15, 0.2) is 18.2 Å². The Bertz CT molecular complexity index is 379. The lowest BCUT2D eigenvalue weighted by Gasteiger charge is -2.36. The predicted octanol–water partition coefficient (Wildman–Crippen LogP) is 3.23. The maximum atomic E-state index is 2.60. The minimum Gasteiger partial charge on any atom is -0.369 e. The first-order valence-electron chi connectivity index (χ1n) is 7.25. The maximum absolute atomic E-state index is 2.60. The Morgan fingerprint density at radius 1 is 1.06 bits per heavy atom. The molecule has 1 fully saturated rings. The summed E-state index contributed by atoms with van der Waals surface area (Å²) in [7, 11) is 0. The van der Waals surface area contributed by atoms with Crippen LogP contribution in [0.1, 0.15) is 30.9 Å². The summed E-state index contributed by atoms with van der Waals surface area (Å²) in [6.45, 7) is 12.7. The summed E-state index contributed by atoms with van der Waals surface area (Å²) in [4.78, 5) is 5.14. The van der Waals surface area contributed by atoms with Crippen LogP contribution >= 0.6 is 0 Å². The number of unbranched alkanes of at least 4 members (excludes halogenated alkanes) is 1. The molecule has 0 aliphatic carbocycles. The van der Waals surface area contributed by atoms with Crippen molar-refractivity contribution in [3.05, 3.63) is 29.3 Å². The van der Waals surface area contributed by atoms with E-state index in [0.29, 0.717) is 0 Å². The Labute approximate surface area is 112 Å². The third kappa shape index (κ3) is 3.26. The van der Waals surface area contributed by atoms with Gasteiger partial charge in [0.2, 0.25) is 0 Å². The van der Waals surface area contributed by atoms with Crippen molar-refractivity contribution in [3.8, 4) is 0 Å². The summed E-state index contributed by atoms with van der Waals surface area (Å²) in [5.41, 5.74) is 4.20. The number of piperazine rings is 1. The zero-order valence-corrected chi connectivity index (χ0v) is 12.1. The first-order chi connectivity index (χ1) is 8.70. The third-order valence-corrected chi connectivity index (χ3v) is 3.89. The second-order valence-electron chi connectivity index (χ2n) is 5.47. The van der Waals surface area contributed by atoms with Crippen LogP contribution in [0.2, 0.25) is 0 Å². The van der Waals surface area contributed by atoms with Gasteiger partial charge in [-0.2, -0.15) is 0 Å². The van der Waals surface area contributed by atoms with Gasteiger partial charge in [0.15, 0.2) is 0 Å². The molecular weight excluding hydrogens is 220 g/mol. The van der Waals surface area contributed by atoms with Crippen LogP contribution in [0.4, 0.5) is 5.69 Å². The quantitative estimate of drug-likeness (QED) is 0.805. The van der Waals surface area contributed by atoms with E-state index in [9.17, 15) is 0 Å². The van der Waals surface area contributed by atoms with E-state index >= 15 is 0 Å². The number of nitrogens with zero attached hydrogens (tertiary/aromatic N) is 2. The van der Waals surface area contributed by atoms with E-state index in [1.807, 2.05) is 0 Å². The van der Waals surface area contributed by atoms with Crippen molar-refractivity contribution < 1.29 is 0 Å². The fourth-order valence-corrected chi connectivity index (χ4v) is 2.75. The van der Waals surface area contributed by atoms with Gasteiger partial charge in [0.25, 0.3) is 0 Å². The normalized spacial score (nSPS) is 17.2. The molecule has 2 nitrogen and oxygen atoms in total. The molecule has 1 heterocycles. The number of aryl methyl sites for hydroxylation is 2. The third-order valence-electron chi connectivity index (χ3n) is 3.89. The van der Waals surface area contributed by atoms with Crippen LogP contribution in [0.3, 0.4) is 0 Å². The predicted molar refractivity (Wildman–Crippen MR) is 79.5 cm³/mol. The van der Waals surface area contributed by atoms with E-state index in [1.165, 1.54) is 62.4 Å². The zero-order valence-electron chi connectivity index (χ0n) is 12.1. The van der Waals surface area contributed by atoms with Gasteiger partial charge in [0.05, 0.1) is 0 Å². The second kappa shape index (κ2) is 6.24. The fourth-order valence-electron chi connectivity index (χ4n) is 2.75. The number of hydrogen-bond donors (Lipinski definition) is 0. The molecule has 100 valence electrons. The van der Waals surface area contributed by atoms with Gasteiger partial charge in [-0.15, -0.1) is 0 Å². The van der Waals surface area contributed by atoms with Gasteiger partial charge in [-0.05, 0) is 38.4 Å². The van der Waals surface area contributed by atoms with E-state index in [0.717, 1.165) is 0 Å². The van der Waals surface area contributed by atoms with Crippen LogP contribution in [-0.4, -0.2) is 37.6 Å². The Hall–Kier alpha value is -1.02. The molecule has 2 heteroatoms. The first kappa shape index (κ1) is 13.4. The van der Waals surface area contributed by atoms with Gasteiger partial charge in [-0.3, -0.25) is 4.90 Å². The zero-order chi connectivity index (χ0) is 13.0. The lowest BCUT2D eigenvalue weighted by molar-refractivity contribution is 0.254. The highest BCUT2D eigenvalue weighted by Gasteiger charge is 2.17. The highest BCUT2D eigenvalue weighted by Crippen LogP contribution is 2.22. The van der Waals surface area contributed by atoms with E-state index in [4.69, 9.17) is 0 Å². The SMILES string of the molecule is CCCCN1CCN(c2ccc(C)cc2C)CC1. The van der Waals surface area contributed by atoms with Gasteiger partial charge in [0.1, 0.15) is 0 Å². The Balaban J connectivity index is 1.93. The van der Waals surface area contributed by atoms with Gasteiger partial charge in [-0.25, -0.2) is 0 Å². The van der Waals surface area contributed by atoms with Crippen LogP contribution in [0.25, 0.3) is 0 Å². The molecule has 0 unspecified atom stereocenters. The molecule has 0 atom stereocenters. The number of anilines is 1. The summed E-state index contributed by atoms with van der Waals surface area (Å²) in [5.74, 6) is 0. The maximum Gasteiger partial charge on any atom is 0.0396 e. The molecule has 0 bridgehead atoms. The summed E-state index contributed by atoms with van der Waals surface area (Å²) < 4.78 is 0. The van der Waals surface area contributed by atoms with Crippen molar-refractivity contribution in [1.82, 2.24) is 4.90 Å². The van der Waals surface area contributed by atoms with Crippen LogP contribution in [-0.2, 0) is 0 Å². The van der Waals surface area contributed by atoms with Crippen molar-refractivity contribution in [2.24, 2.45) is 0 Å². The molecule has 1 aromatic carbocycles. The minimum absolute atomic E-state index is 1.17. The second-order valence-corrected chi connectivity index (χ2v) is 5.47. The van der Waals surface area contributed by atoms with Crippen molar-refractivity contribution in [1.29, 1.82) is 0 Å². The lowest BCUT2D eigenvalue weighted by atomic mass is 10.1. The number of hydrogen-bond acceptors (Lipinski definition) is 2. The van der Waals surface area contributed by atoms with E-state index in [1.54, 1.807) is 0 Å². The van der Waals surface area contributed by atoms with E-state index < -0.39 is 0 Å². The summed E-state index contributed by atoms with van der Waals surface area (Å²) in [6.07, 6.45) is 2.64. The summed E-state index contributed by atoms with van der Waals surface area (Å²) in [5, 5.41) is 0. The molecule has 2 rings (SSSR count). The molecule has 18 heavy (non-hydrogen) atoms. The van der Waals surface area contributed by atoms with Crippen LogP contribution < -0.4 is 4.90 Å². The largest absolute Gasteiger partial charge is 0.369 e. The summed E-state index contributed by atoms with van der Waals surface area (Å²) in [6, 6.07) is 6.80. The average molecular weight is 246 g/mol. The fraction of sp³-hybridized carbons (Fsp3) is 0.625. The molecule has 1 saturated heterocycles. The van der Waals surface area contributed by atoms with Gasteiger partial charge < -0.3 is 4.90 Å². The molecule has 0 saturated carbocycles. The van der Waals surface area contributed by atoms with Crippen molar-refractivity contribution >= 4 is 5.69 Å². The number of rotatable bonds is 4. The molecule has 0 amide bonds. The molecule has 0 N–H and O–H groups in total. The summed E-state index contributed by atoms with van der Waals surface area (Å²) >= 11 is 0. The van der Waals surface area contributed by atoms with Crippen molar-refractivity contribution in [3.63, 3.8) is 0 Å². The molecule has 0 spiro atoms. The van der Waals surface area contributed by atoms with E-state index in [-0.39, 0.29) is 0 Å². The van der Waals surface area contributed by atoms with Crippen LogP contribution in [0, 0.1) is 13.8 Å². The monoisotopic (exact) mass is 246 g/mol. The van der Waals surface area contributed by atoms with Crippen LogP contribution in [0.5, 0.6) is 0 Å². The minimum atomic E-state index is 1.17. The van der Waals surface area contributed by atoms with Gasteiger partial charge >= 0.3 is 0 Å². The highest BCUT2D eigenvalue weighted by molar-refractivity contribution is 5.54. The van der Waals surface area contributed by atoms with Crippen molar-refractivity contribution in [2.75, 3.05) is 37.6 Å². The van der Waals surface area contributed by atoms with Gasteiger partial charge in [0, 0.05) is 31.9 Å². The molecular formula is C16H26N2. The van der Waals surface area contributed by atoms with E-state index in [2.05, 4.69) is 48.8 Å². The molecule has 1 aliphatic heterocycles.